The van der Waals surface area contributed by atoms with Crippen molar-refractivity contribution in [2.45, 2.75) is 38.7 Å². The summed E-state index contributed by atoms with van der Waals surface area (Å²) in [6.07, 6.45) is 2.29. The third-order valence-corrected chi connectivity index (χ3v) is 4.37. The van der Waals surface area contributed by atoms with Crippen LogP contribution in [0.3, 0.4) is 0 Å². The van der Waals surface area contributed by atoms with Crippen molar-refractivity contribution in [2.75, 3.05) is 18.5 Å². The van der Waals surface area contributed by atoms with E-state index in [2.05, 4.69) is 25.2 Å². The van der Waals surface area contributed by atoms with Gasteiger partial charge in [-0.2, -0.15) is 0 Å². The molecule has 1 atom stereocenters. The molecule has 2 aromatic rings. The van der Waals surface area contributed by atoms with Crippen LogP contribution in [0, 0.1) is 0 Å². The average molecular weight is 339 g/mol. The Balaban J connectivity index is 1.63. The smallest absolute Gasteiger partial charge is 0.255 e. The molecule has 4 heteroatoms. The van der Waals surface area contributed by atoms with Gasteiger partial charge in [-0.15, -0.1) is 0 Å². The van der Waals surface area contributed by atoms with Crippen LogP contribution in [0.15, 0.2) is 48.5 Å². The molecule has 25 heavy (non-hydrogen) atoms. The van der Waals surface area contributed by atoms with E-state index >= 15 is 0 Å². The maximum atomic E-state index is 12.5. The largest absolute Gasteiger partial charge is 0.491 e. The number of ether oxygens (including phenoxy) is 2. The van der Waals surface area contributed by atoms with Crippen molar-refractivity contribution < 1.29 is 14.3 Å². The van der Waals surface area contributed by atoms with Crippen LogP contribution in [0.2, 0.25) is 0 Å². The minimum atomic E-state index is -0.136. The normalized spacial score (nSPS) is 16.8. The fourth-order valence-electron chi connectivity index (χ4n) is 2.87. The van der Waals surface area contributed by atoms with Crippen LogP contribution in [-0.2, 0) is 4.74 Å². The summed E-state index contributed by atoms with van der Waals surface area (Å²) in [5, 5.41) is 2.96. The van der Waals surface area contributed by atoms with Gasteiger partial charge < -0.3 is 14.8 Å². The number of anilines is 1. The number of amides is 1. The maximum Gasteiger partial charge on any atom is 0.255 e. The lowest BCUT2D eigenvalue weighted by molar-refractivity contribution is 0.0679. The van der Waals surface area contributed by atoms with Crippen LogP contribution < -0.4 is 10.1 Å². The minimum Gasteiger partial charge on any atom is -0.491 e. The Hall–Kier alpha value is -2.33. The Bertz CT molecular complexity index is 721. The standard InChI is InChI=1S/C21H25NO3/c1-15(2)16-6-3-8-18(12-16)22-21(23)17-7-4-9-19(13-17)25-14-20-10-5-11-24-20/h3-4,6-9,12-13,15,20H,5,10-11,14H2,1-2H3,(H,22,23). The van der Waals surface area contributed by atoms with E-state index in [0.717, 1.165) is 25.1 Å². The topological polar surface area (TPSA) is 47.6 Å². The molecule has 0 saturated carbocycles. The summed E-state index contributed by atoms with van der Waals surface area (Å²) in [5.74, 6) is 0.980. The molecule has 4 nitrogen and oxygen atoms in total. The quantitative estimate of drug-likeness (QED) is 0.835. The number of carbonyl (C=O) groups excluding carboxylic acids is 1. The van der Waals surface area contributed by atoms with E-state index in [1.807, 2.05) is 30.3 Å². The van der Waals surface area contributed by atoms with E-state index in [0.29, 0.717) is 23.8 Å². The SMILES string of the molecule is CC(C)c1cccc(NC(=O)c2cccc(OCC3CCCO3)c2)c1. The average Bonchev–Trinajstić information content (AvgIpc) is 3.14. The van der Waals surface area contributed by atoms with Crippen molar-refractivity contribution >= 4 is 11.6 Å². The summed E-state index contributed by atoms with van der Waals surface area (Å²) in [6.45, 7) is 5.61. The maximum absolute atomic E-state index is 12.5. The van der Waals surface area contributed by atoms with Gasteiger partial charge in [-0.1, -0.05) is 32.0 Å². The first kappa shape index (κ1) is 17.5. The molecule has 1 aliphatic rings. The van der Waals surface area contributed by atoms with E-state index in [1.54, 1.807) is 12.1 Å². The highest BCUT2D eigenvalue weighted by Gasteiger charge is 2.16. The summed E-state index contributed by atoms with van der Waals surface area (Å²) < 4.78 is 11.3. The Morgan fingerprint density at radius 1 is 1.24 bits per heavy atom. The van der Waals surface area contributed by atoms with Gasteiger partial charge in [0.15, 0.2) is 0 Å². The van der Waals surface area contributed by atoms with E-state index in [9.17, 15) is 4.79 Å². The zero-order chi connectivity index (χ0) is 17.6. The van der Waals surface area contributed by atoms with Crippen molar-refractivity contribution in [1.29, 1.82) is 0 Å². The lowest BCUT2D eigenvalue weighted by Crippen LogP contribution is -2.17. The molecular weight excluding hydrogens is 314 g/mol. The Morgan fingerprint density at radius 3 is 2.84 bits per heavy atom. The Morgan fingerprint density at radius 2 is 2.08 bits per heavy atom. The van der Waals surface area contributed by atoms with E-state index in [-0.39, 0.29) is 12.0 Å². The monoisotopic (exact) mass is 339 g/mol. The lowest BCUT2D eigenvalue weighted by Gasteiger charge is -2.13. The van der Waals surface area contributed by atoms with Crippen molar-refractivity contribution in [3.05, 3.63) is 59.7 Å². The van der Waals surface area contributed by atoms with E-state index in [1.165, 1.54) is 5.56 Å². The lowest BCUT2D eigenvalue weighted by atomic mass is 10.0. The highest BCUT2D eigenvalue weighted by atomic mass is 16.5. The second-order valence-corrected chi connectivity index (χ2v) is 6.71. The van der Waals surface area contributed by atoms with E-state index in [4.69, 9.17) is 9.47 Å². The van der Waals surface area contributed by atoms with Crippen molar-refractivity contribution in [3.8, 4) is 5.75 Å². The van der Waals surface area contributed by atoms with Gasteiger partial charge in [0.2, 0.25) is 0 Å². The van der Waals surface area contributed by atoms with E-state index < -0.39 is 0 Å². The number of hydrogen-bond acceptors (Lipinski definition) is 3. The molecule has 0 aliphatic carbocycles. The summed E-state index contributed by atoms with van der Waals surface area (Å²) in [7, 11) is 0. The molecule has 0 bridgehead atoms. The fraction of sp³-hybridized carbons (Fsp3) is 0.381. The number of benzene rings is 2. The van der Waals surface area contributed by atoms with Crippen LogP contribution in [-0.4, -0.2) is 25.2 Å². The first-order valence-electron chi connectivity index (χ1n) is 8.87. The van der Waals surface area contributed by atoms with Gasteiger partial charge >= 0.3 is 0 Å². The van der Waals surface area contributed by atoms with Crippen LogP contribution >= 0.6 is 0 Å². The molecule has 1 unspecified atom stereocenters. The molecule has 1 aliphatic heterocycles. The van der Waals surface area contributed by atoms with Crippen LogP contribution in [0.1, 0.15) is 48.5 Å². The first-order valence-corrected chi connectivity index (χ1v) is 8.87. The molecule has 0 aromatic heterocycles. The highest BCUT2D eigenvalue weighted by molar-refractivity contribution is 6.04. The number of hydrogen-bond donors (Lipinski definition) is 1. The van der Waals surface area contributed by atoms with Crippen molar-refractivity contribution in [2.24, 2.45) is 0 Å². The molecule has 0 spiro atoms. The summed E-state index contributed by atoms with van der Waals surface area (Å²) >= 11 is 0. The molecule has 1 saturated heterocycles. The molecule has 1 heterocycles. The van der Waals surface area contributed by atoms with Crippen LogP contribution in [0.4, 0.5) is 5.69 Å². The minimum absolute atomic E-state index is 0.136. The fourth-order valence-corrected chi connectivity index (χ4v) is 2.87. The third-order valence-electron chi connectivity index (χ3n) is 4.37. The number of rotatable bonds is 6. The Kier molecular flexibility index (Phi) is 5.71. The predicted molar refractivity (Wildman–Crippen MR) is 99.4 cm³/mol. The summed E-state index contributed by atoms with van der Waals surface area (Å²) in [4.78, 5) is 12.5. The van der Waals surface area contributed by atoms with Crippen molar-refractivity contribution in [3.63, 3.8) is 0 Å². The van der Waals surface area contributed by atoms with Gasteiger partial charge in [0.05, 0.1) is 6.10 Å². The first-order chi connectivity index (χ1) is 12.1. The van der Waals surface area contributed by atoms with Gasteiger partial charge in [-0.3, -0.25) is 4.79 Å². The zero-order valence-corrected chi connectivity index (χ0v) is 14.8. The third kappa shape index (κ3) is 4.83. The van der Waals surface area contributed by atoms with Gasteiger partial charge in [0, 0.05) is 17.9 Å². The molecule has 1 amide bonds. The Labute approximate surface area is 149 Å². The number of carbonyl (C=O) groups is 1. The highest BCUT2D eigenvalue weighted by Crippen LogP contribution is 2.21. The van der Waals surface area contributed by atoms with Crippen molar-refractivity contribution in [1.82, 2.24) is 0 Å². The molecule has 0 radical (unpaired) electrons. The van der Waals surface area contributed by atoms with Crippen LogP contribution in [0.5, 0.6) is 5.75 Å². The van der Waals surface area contributed by atoms with Crippen LogP contribution in [0.25, 0.3) is 0 Å². The zero-order valence-electron chi connectivity index (χ0n) is 14.8. The van der Waals surface area contributed by atoms with Gasteiger partial charge in [0.1, 0.15) is 12.4 Å². The summed E-state index contributed by atoms with van der Waals surface area (Å²) in [5.41, 5.74) is 2.59. The van der Waals surface area contributed by atoms with Gasteiger partial charge in [-0.05, 0) is 54.7 Å². The van der Waals surface area contributed by atoms with Gasteiger partial charge in [0.25, 0.3) is 5.91 Å². The molecule has 132 valence electrons. The predicted octanol–water partition coefficient (Wildman–Crippen LogP) is 4.62. The number of nitrogens with one attached hydrogen (secondary N) is 1. The molecule has 1 N–H and O–H groups in total. The molecule has 1 fully saturated rings. The second kappa shape index (κ2) is 8.17. The summed E-state index contributed by atoms with van der Waals surface area (Å²) in [6, 6.07) is 15.2. The van der Waals surface area contributed by atoms with Gasteiger partial charge in [-0.25, -0.2) is 0 Å². The molecule has 2 aromatic carbocycles. The second-order valence-electron chi connectivity index (χ2n) is 6.71. The molecule has 3 rings (SSSR count). The molecular formula is C21H25NO3.